The molecule has 1 saturated heterocycles. The zero-order valence-corrected chi connectivity index (χ0v) is 19.3. The van der Waals surface area contributed by atoms with Gasteiger partial charge in [-0.3, -0.25) is 9.88 Å². The molecule has 1 fully saturated rings. The molecule has 0 bridgehead atoms. The maximum atomic E-state index is 9.73. The van der Waals surface area contributed by atoms with Gasteiger partial charge in [0.15, 0.2) is 0 Å². The van der Waals surface area contributed by atoms with E-state index in [2.05, 4.69) is 63.5 Å². The van der Waals surface area contributed by atoms with Crippen LogP contribution in [0, 0.1) is 6.07 Å². The molecule has 33 heavy (non-hydrogen) atoms. The van der Waals surface area contributed by atoms with Crippen LogP contribution in [0.4, 0.5) is 11.4 Å². The first-order chi connectivity index (χ1) is 16.0. The lowest BCUT2D eigenvalue weighted by Gasteiger charge is -2.32. The zero-order valence-electron chi connectivity index (χ0n) is 18.6. The predicted molar refractivity (Wildman–Crippen MR) is 135 cm³/mol. The van der Waals surface area contributed by atoms with Crippen LogP contribution >= 0.6 is 11.6 Å². The summed E-state index contributed by atoms with van der Waals surface area (Å²) in [4.78, 5) is 9.34. The highest BCUT2D eigenvalue weighted by Crippen LogP contribution is 2.33. The van der Waals surface area contributed by atoms with Crippen molar-refractivity contribution in [1.29, 1.82) is 0 Å². The average molecular weight is 458 g/mol. The number of nitrogens with zero attached hydrogens (tertiary/aromatic N) is 3. The van der Waals surface area contributed by atoms with E-state index < -0.39 is 0 Å². The van der Waals surface area contributed by atoms with Crippen molar-refractivity contribution in [2.24, 2.45) is 0 Å². The molecule has 167 valence electrons. The Labute approximate surface area is 199 Å². The van der Waals surface area contributed by atoms with E-state index in [1.807, 2.05) is 18.2 Å². The number of likely N-dealkylation sites (N-methyl/N-ethyl adjacent to an activating group) is 1. The molecule has 1 aliphatic heterocycles. The smallest absolute Gasteiger partial charge is 0.134 e. The monoisotopic (exact) mass is 457 g/mol. The van der Waals surface area contributed by atoms with E-state index in [1.54, 1.807) is 18.3 Å². The summed E-state index contributed by atoms with van der Waals surface area (Å²) < 4.78 is 0. The van der Waals surface area contributed by atoms with E-state index in [1.165, 1.54) is 5.56 Å². The van der Waals surface area contributed by atoms with Gasteiger partial charge in [-0.25, -0.2) is 0 Å². The van der Waals surface area contributed by atoms with Crippen molar-refractivity contribution in [3.05, 3.63) is 83.5 Å². The summed E-state index contributed by atoms with van der Waals surface area (Å²) in [6, 6.07) is 23.2. The second kappa shape index (κ2) is 9.40. The van der Waals surface area contributed by atoms with E-state index in [0.717, 1.165) is 66.1 Å². The van der Waals surface area contributed by atoms with Crippen LogP contribution < -0.4 is 5.32 Å². The van der Waals surface area contributed by atoms with Gasteiger partial charge in [0.2, 0.25) is 0 Å². The molecule has 0 spiro atoms. The summed E-state index contributed by atoms with van der Waals surface area (Å²) in [7, 11) is 2.18. The Kier molecular flexibility index (Phi) is 6.18. The minimum Gasteiger partial charge on any atom is -0.506 e. The van der Waals surface area contributed by atoms with Crippen LogP contribution in [0.5, 0.6) is 5.75 Å². The molecule has 0 aliphatic carbocycles. The molecule has 0 saturated carbocycles. The van der Waals surface area contributed by atoms with Gasteiger partial charge < -0.3 is 15.3 Å². The first-order valence-electron chi connectivity index (χ1n) is 11.1. The lowest BCUT2D eigenvalue weighted by atomic mass is 10.0. The van der Waals surface area contributed by atoms with Gasteiger partial charge in [-0.05, 0) is 60.1 Å². The lowest BCUT2D eigenvalue weighted by molar-refractivity contribution is 0.148. The molecule has 0 unspecified atom stereocenters. The third-order valence-corrected chi connectivity index (χ3v) is 6.49. The maximum absolute atomic E-state index is 9.73. The second-order valence-electron chi connectivity index (χ2n) is 8.58. The summed E-state index contributed by atoms with van der Waals surface area (Å²) in [5.41, 5.74) is 6.02. The quantitative estimate of drug-likeness (QED) is 0.411. The number of aromatic nitrogens is 1. The average Bonchev–Trinajstić information content (AvgIpc) is 2.83. The summed E-state index contributed by atoms with van der Waals surface area (Å²) in [5, 5.41) is 14.5. The highest BCUT2D eigenvalue weighted by molar-refractivity contribution is 6.32. The number of phenolic OH excluding ortho intramolecular Hbond substituents is 1. The molecular weight excluding hydrogens is 432 g/mol. The van der Waals surface area contributed by atoms with Crippen LogP contribution in [-0.4, -0.2) is 53.1 Å². The van der Waals surface area contributed by atoms with Gasteiger partial charge in [0.1, 0.15) is 5.75 Å². The van der Waals surface area contributed by atoms with Crippen LogP contribution in [-0.2, 0) is 6.54 Å². The van der Waals surface area contributed by atoms with Crippen LogP contribution in [0.2, 0.25) is 5.02 Å². The van der Waals surface area contributed by atoms with Gasteiger partial charge >= 0.3 is 0 Å². The highest BCUT2D eigenvalue weighted by atomic mass is 35.5. The normalized spacial score (nSPS) is 15.1. The van der Waals surface area contributed by atoms with E-state index >= 15 is 0 Å². The molecule has 1 aromatic heterocycles. The van der Waals surface area contributed by atoms with Gasteiger partial charge in [0.05, 0.1) is 16.2 Å². The Bertz CT molecular complexity index is 1270. The summed E-state index contributed by atoms with van der Waals surface area (Å²) in [6.45, 7) is 5.47. The third kappa shape index (κ3) is 4.96. The fourth-order valence-corrected chi connectivity index (χ4v) is 4.34. The molecule has 4 aromatic rings. The number of rotatable bonds is 5. The first kappa shape index (κ1) is 21.7. The lowest BCUT2D eigenvalue weighted by Crippen LogP contribution is -2.43. The minimum absolute atomic E-state index is 0.0784. The van der Waals surface area contributed by atoms with Crippen molar-refractivity contribution < 1.29 is 5.11 Å². The highest BCUT2D eigenvalue weighted by Gasteiger charge is 2.14. The number of fused-ring (bicyclic) bond motifs is 1. The van der Waals surface area contributed by atoms with Crippen molar-refractivity contribution in [2.45, 2.75) is 6.54 Å². The molecule has 5 nitrogen and oxygen atoms in total. The number of benzene rings is 3. The first-order valence-corrected chi connectivity index (χ1v) is 11.5. The number of pyridine rings is 1. The van der Waals surface area contributed by atoms with E-state index in [4.69, 9.17) is 11.6 Å². The van der Waals surface area contributed by atoms with E-state index in [0.29, 0.717) is 5.02 Å². The Morgan fingerprint density at radius 1 is 0.970 bits per heavy atom. The van der Waals surface area contributed by atoms with Crippen molar-refractivity contribution in [3.8, 4) is 16.9 Å². The van der Waals surface area contributed by atoms with Crippen molar-refractivity contribution in [1.82, 2.24) is 14.8 Å². The Morgan fingerprint density at radius 3 is 2.45 bits per heavy atom. The molecule has 2 N–H and O–H groups in total. The van der Waals surface area contributed by atoms with Crippen molar-refractivity contribution in [2.75, 3.05) is 38.5 Å². The van der Waals surface area contributed by atoms with Gasteiger partial charge in [-0.15, -0.1) is 0 Å². The molecular formula is C27H26ClN4O. The summed E-state index contributed by atoms with van der Waals surface area (Å²) in [5.74, 6) is 0.0784. The Hall–Kier alpha value is -3.12. The number of aromatic hydroxyl groups is 1. The molecule has 3 aromatic carbocycles. The van der Waals surface area contributed by atoms with Crippen molar-refractivity contribution >= 4 is 33.9 Å². The van der Waals surface area contributed by atoms with Crippen LogP contribution in [0.15, 0.2) is 66.9 Å². The Morgan fingerprint density at radius 2 is 1.70 bits per heavy atom. The predicted octanol–water partition coefficient (Wildman–Crippen LogP) is 5.55. The number of piperazine rings is 1. The number of halogens is 1. The van der Waals surface area contributed by atoms with Gasteiger partial charge in [0, 0.05) is 56.1 Å². The molecule has 0 amide bonds. The van der Waals surface area contributed by atoms with E-state index in [9.17, 15) is 5.11 Å². The molecule has 5 rings (SSSR count). The summed E-state index contributed by atoms with van der Waals surface area (Å²) in [6.07, 6.45) is 1.70. The zero-order chi connectivity index (χ0) is 22.8. The van der Waals surface area contributed by atoms with Crippen LogP contribution in [0.1, 0.15) is 5.56 Å². The maximum Gasteiger partial charge on any atom is 0.134 e. The number of phenols is 1. The third-order valence-electron chi connectivity index (χ3n) is 6.18. The Balaban J connectivity index is 1.36. The molecule has 6 heteroatoms. The molecule has 1 radical (unpaired) electrons. The number of nitrogens with one attached hydrogen (secondary N) is 1. The topological polar surface area (TPSA) is 51.6 Å². The van der Waals surface area contributed by atoms with Crippen LogP contribution in [0.3, 0.4) is 0 Å². The molecule has 0 atom stereocenters. The number of hydrogen-bond donors (Lipinski definition) is 2. The summed E-state index contributed by atoms with van der Waals surface area (Å²) >= 11 is 6.12. The SMILES string of the molecule is CN1CCN(Cc2ccc(Nc3[c]cnc4ccc(-c5ccc(O)c(Cl)c5)cc34)cc2)CC1. The number of hydrogen-bond acceptors (Lipinski definition) is 5. The van der Waals surface area contributed by atoms with Crippen molar-refractivity contribution in [3.63, 3.8) is 0 Å². The second-order valence-corrected chi connectivity index (χ2v) is 8.98. The fraction of sp³-hybridized carbons (Fsp3) is 0.222. The van der Waals surface area contributed by atoms with Gasteiger partial charge in [-0.1, -0.05) is 35.9 Å². The number of anilines is 2. The van der Waals surface area contributed by atoms with Gasteiger partial charge in [-0.2, -0.15) is 0 Å². The molecule has 1 aliphatic rings. The van der Waals surface area contributed by atoms with E-state index in [-0.39, 0.29) is 5.75 Å². The largest absolute Gasteiger partial charge is 0.506 e. The molecule has 2 heterocycles. The fourth-order valence-electron chi connectivity index (χ4n) is 4.16. The standard InChI is InChI=1S/C27H26ClN4O/c1-31-12-14-32(15-13-31)18-19-2-6-22(7-3-19)30-26-10-11-29-25-8-4-20(16-23(25)26)21-5-9-27(33)24(28)17-21/h2-9,11,16-17,33H,12-15,18H2,1H3,(H,29,30). The van der Waals surface area contributed by atoms with Gasteiger partial charge in [0.25, 0.3) is 0 Å². The minimum atomic E-state index is 0.0784. The van der Waals surface area contributed by atoms with Crippen LogP contribution in [0.25, 0.3) is 22.0 Å².